The van der Waals surface area contributed by atoms with Crippen LogP contribution in [0, 0.1) is 0 Å². The zero-order valence-electron chi connectivity index (χ0n) is 10.3. The molecule has 5 heteroatoms. The minimum Gasteiger partial charge on any atom is -0.395 e. The number of carbonyl (C=O) groups is 1. The van der Waals surface area contributed by atoms with Gasteiger partial charge in [-0.05, 0) is 12.8 Å². The number of nitrogens with zero attached hydrogens (tertiary/aromatic N) is 1. The van der Waals surface area contributed by atoms with E-state index in [9.17, 15) is 4.79 Å². The predicted octanol–water partition coefficient (Wildman–Crippen LogP) is -0.422. The van der Waals surface area contributed by atoms with Gasteiger partial charge in [0.2, 0.25) is 5.91 Å². The second-order valence-corrected chi connectivity index (χ2v) is 3.80. The summed E-state index contributed by atoms with van der Waals surface area (Å²) < 4.78 is 0. The molecule has 0 aliphatic rings. The quantitative estimate of drug-likeness (QED) is 0.505. The molecule has 0 aromatic rings. The Morgan fingerprint density at radius 3 is 2.06 bits per heavy atom. The summed E-state index contributed by atoms with van der Waals surface area (Å²) >= 11 is 0. The van der Waals surface area contributed by atoms with Crippen molar-refractivity contribution in [2.45, 2.75) is 32.7 Å². The molecule has 3 N–H and O–H groups in total. The van der Waals surface area contributed by atoms with E-state index in [0.29, 0.717) is 13.1 Å². The van der Waals surface area contributed by atoms with Gasteiger partial charge in [-0.15, -0.1) is 0 Å². The number of aliphatic hydroxyl groups is 2. The molecule has 0 spiro atoms. The molecule has 1 amide bonds. The Balaban J connectivity index is 3.97. The van der Waals surface area contributed by atoms with Crippen LogP contribution in [0.5, 0.6) is 0 Å². The van der Waals surface area contributed by atoms with E-state index in [1.54, 1.807) is 4.90 Å². The topological polar surface area (TPSA) is 72.8 Å². The average molecular weight is 232 g/mol. The lowest BCUT2D eigenvalue weighted by molar-refractivity contribution is -0.123. The Morgan fingerprint density at radius 2 is 1.69 bits per heavy atom. The van der Waals surface area contributed by atoms with Gasteiger partial charge in [0.25, 0.3) is 0 Å². The van der Waals surface area contributed by atoms with E-state index in [2.05, 4.69) is 5.32 Å². The van der Waals surface area contributed by atoms with Crippen LogP contribution in [0.25, 0.3) is 0 Å². The Morgan fingerprint density at radius 1 is 1.19 bits per heavy atom. The van der Waals surface area contributed by atoms with Gasteiger partial charge in [-0.3, -0.25) is 9.69 Å². The second kappa shape index (κ2) is 9.57. The van der Waals surface area contributed by atoms with E-state index >= 15 is 0 Å². The number of amides is 1. The van der Waals surface area contributed by atoms with Crippen LogP contribution in [-0.2, 0) is 4.79 Å². The summed E-state index contributed by atoms with van der Waals surface area (Å²) in [6, 6.07) is 0.220. The molecule has 0 unspecified atom stereocenters. The third-order valence-corrected chi connectivity index (χ3v) is 2.55. The highest BCUT2D eigenvalue weighted by atomic mass is 16.3. The molecule has 96 valence electrons. The number of aliphatic hydroxyl groups excluding tert-OH is 2. The lowest BCUT2D eigenvalue weighted by Crippen LogP contribution is -2.43. The molecular weight excluding hydrogens is 208 g/mol. The fraction of sp³-hybridized carbons (Fsp3) is 0.909. The molecule has 0 aromatic carbocycles. The molecule has 0 heterocycles. The van der Waals surface area contributed by atoms with Crippen molar-refractivity contribution < 1.29 is 15.0 Å². The third-order valence-electron chi connectivity index (χ3n) is 2.55. The first-order chi connectivity index (χ1) is 7.67. The maximum absolute atomic E-state index is 11.6. The molecule has 0 aliphatic heterocycles. The lowest BCUT2D eigenvalue weighted by Gasteiger charge is -2.21. The van der Waals surface area contributed by atoms with Gasteiger partial charge in [0.1, 0.15) is 0 Å². The summed E-state index contributed by atoms with van der Waals surface area (Å²) in [5, 5.41) is 20.5. The minimum absolute atomic E-state index is 0.00172. The van der Waals surface area contributed by atoms with Gasteiger partial charge in [0.15, 0.2) is 0 Å². The number of carbonyl (C=O) groups excluding carboxylic acids is 1. The average Bonchev–Trinajstić information content (AvgIpc) is 2.26. The van der Waals surface area contributed by atoms with Crippen molar-refractivity contribution in [2.75, 3.05) is 32.8 Å². The molecule has 0 rings (SSSR count). The van der Waals surface area contributed by atoms with E-state index in [1.165, 1.54) is 0 Å². The maximum Gasteiger partial charge on any atom is 0.234 e. The lowest BCUT2D eigenvalue weighted by atomic mass is 10.2. The summed E-state index contributed by atoms with van der Waals surface area (Å²) in [6.45, 7) is 5.13. The molecule has 16 heavy (non-hydrogen) atoms. The third kappa shape index (κ3) is 6.76. The smallest absolute Gasteiger partial charge is 0.234 e. The van der Waals surface area contributed by atoms with Crippen LogP contribution >= 0.6 is 0 Å². The van der Waals surface area contributed by atoms with Crippen LogP contribution < -0.4 is 5.32 Å². The van der Waals surface area contributed by atoms with E-state index in [4.69, 9.17) is 10.2 Å². The van der Waals surface area contributed by atoms with Crippen LogP contribution in [0.4, 0.5) is 0 Å². The normalized spacial score (nSPS) is 11.1. The van der Waals surface area contributed by atoms with Gasteiger partial charge in [0.05, 0.1) is 19.8 Å². The number of rotatable bonds is 9. The molecule has 0 atom stereocenters. The Bertz CT molecular complexity index is 178. The molecule has 0 saturated heterocycles. The zero-order valence-corrected chi connectivity index (χ0v) is 10.3. The van der Waals surface area contributed by atoms with E-state index in [1.807, 2.05) is 13.8 Å². The molecule has 5 nitrogen and oxygen atoms in total. The standard InChI is InChI=1S/C11H24N2O3/c1-3-10(4-2)12-11(16)9-13(5-7-14)6-8-15/h10,14-15H,3-9H2,1-2H3,(H,12,16). The van der Waals surface area contributed by atoms with Crippen LogP contribution in [-0.4, -0.2) is 59.9 Å². The van der Waals surface area contributed by atoms with Crippen LogP contribution in [0.2, 0.25) is 0 Å². The van der Waals surface area contributed by atoms with Crippen molar-refractivity contribution >= 4 is 5.91 Å². The van der Waals surface area contributed by atoms with Crippen LogP contribution in [0.1, 0.15) is 26.7 Å². The first-order valence-electron chi connectivity index (χ1n) is 5.91. The highest BCUT2D eigenvalue weighted by Gasteiger charge is 2.12. The number of hydrogen-bond donors (Lipinski definition) is 3. The van der Waals surface area contributed by atoms with Gasteiger partial charge in [0, 0.05) is 19.1 Å². The Hall–Kier alpha value is -0.650. The molecule has 0 aliphatic carbocycles. The SMILES string of the molecule is CCC(CC)NC(=O)CN(CCO)CCO. The van der Waals surface area contributed by atoms with E-state index in [-0.39, 0.29) is 31.7 Å². The highest BCUT2D eigenvalue weighted by molar-refractivity contribution is 5.78. The molecular formula is C11H24N2O3. The molecule has 0 aromatic heterocycles. The molecule has 0 saturated carbocycles. The van der Waals surface area contributed by atoms with Crippen molar-refractivity contribution in [2.24, 2.45) is 0 Å². The summed E-state index contributed by atoms with van der Waals surface area (Å²) in [6.07, 6.45) is 1.84. The van der Waals surface area contributed by atoms with Crippen molar-refractivity contribution in [3.8, 4) is 0 Å². The fourth-order valence-corrected chi connectivity index (χ4v) is 1.52. The van der Waals surface area contributed by atoms with Gasteiger partial charge in [-0.25, -0.2) is 0 Å². The van der Waals surface area contributed by atoms with E-state index < -0.39 is 0 Å². The van der Waals surface area contributed by atoms with Crippen LogP contribution in [0.15, 0.2) is 0 Å². The first kappa shape index (κ1) is 15.3. The molecule has 0 bridgehead atoms. The van der Waals surface area contributed by atoms with E-state index in [0.717, 1.165) is 12.8 Å². The minimum atomic E-state index is -0.0457. The van der Waals surface area contributed by atoms with Crippen molar-refractivity contribution in [1.82, 2.24) is 10.2 Å². The zero-order chi connectivity index (χ0) is 12.4. The van der Waals surface area contributed by atoms with Gasteiger partial charge >= 0.3 is 0 Å². The predicted molar refractivity (Wildman–Crippen MR) is 63.1 cm³/mol. The summed E-state index contributed by atoms with van der Waals surface area (Å²) in [4.78, 5) is 13.3. The van der Waals surface area contributed by atoms with Crippen molar-refractivity contribution in [3.05, 3.63) is 0 Å². The Kier molecular flexibility index (Phi) is 9.18. The Labute approximate surface area is 97.4 Å². The van der Waals surface area contributed by atoms with Gasteiger partial charge in [-0.2, -0.15) is 0 Å². The monoisotopic (exact) mass is 232 g/mol. The molecule has 0 fully saturated rings. The second-order valence-electron chi connectivity index (χ2n) is 3.80. The van der Waals surface area contributed by atoms with Crippen LogP contribution in [0.3, 0.4) is 0 Å². The summed E-state index contributed by atoms with van der Waals surface area (Å²) in [7, 11) is 0. The fourth-order valence-electron chi connectivity index (χ4n) is 1.52. The largest absolute Gasteiger partial charge is 0.395 e. The highest BCUT2D eigenvalue weighted by Crippen LogP contribution is 1.96. The first-order valence-corrected chi connectivity index (χ1v) is 5.91. The summed E-state index contributed by atoms with van der Waals surface area (Å²) in [5.74, 6) is -0.0457. The maximum atomic E-state index is 11.6. The van der Waals surface area contributed by atoms with Crippen molar-refractivity contribution in [1.29, 1.82) is 0 Å². The summed E-state index contributed by atoms with van der Waals surface area (Å²) in [5.41, 5.74) is 0. The van der Waals surface area contributed by atoms with Crippen molar-refractivity contribution in [3.63, 3.8) is 0 Å². The number of nitrogens with one attached hydrogen (secondary N) is 1. The van der Waals surface area contributed by atoms with Gasteiger partial charge in [-0.1, -0.05) is 13.8 Å². The molecule has 0 radical (unpaired) electrons. The number of hydrogen-bond acceptors (Lipinski definition) is 4. The van der Waals surface area contributed by atoms with Gasteiger partial charge < -0.3 is 15.5 Å².